The number of nitrogens with zero attached hydrogens (tertiary/aromatic N) is 5. The maximum Gasteiger partial charge on any atom is 0.319 e. The third-order valence-electron chi connectivity index (χ3n) is 7.69. The number of hydrogen-bond acceptors (Lipinski definition) is 8. The van der Waals surface area contributed by atoms with Crippen LogP contribution in [0.2, 0.25) is 0 Å². The molecule has 2 amide bonds. The topological polar surface area (TPSA) is 118 Å². The Morgan fingerprint density at radius 2 is 1.73 bits per heavy atom. The first-order chi connectivity index (χ1) is 23.4. The van der Waals surface area contributed by atoms with Gasteiger partial charge < -0.3 is 30.3 Å². The summed E-state index contributed by atoms with van der Waals surface area (Å²) >= 11 is 0. The number of rotatable bonds is 12. The van der Waals surface area contributed by atoms with Crippen LogP contribution in [-0.2, 0) is 0 Å². The highest BCUT2D eigenvalue weighted by Gasteiger charge is 2.20. The zero-order chi connectivity index (χ0) is 33.5. The number of carbonyl (C=O) groups excluding carboxylic acids is 1. The van der Waals surface area contributed by atoms with Crippen molar-refractivity contribution in [2.45, 2.75) is 13.0 Å². The molecule has 0 saturated heterocycles. The minimum absolute atomic E-state index is 0.159. The van der Waals surface area contributed by atoms with Crippen LogP contribution in [0.1, 0.15) is 18.5 Å². The zero-order valence-electron chi connectivity index (χ0n) is 27.3. The minimum Gasteiger partial charge on any atom is -0.495 e. The van der Waals surface area contributed by atoms with Crippen LogP contribution >= 0.6 is 0 Å². The summed E-state index contributed by atoms with van der Waals surface area (Å²) in [5, 5.41) is 14.2. The van der Waals surface area contributed by atoms with E-state index in [-0.39, 0.29) is 12.1 Å². The number of ether oxygens (including phenoxy) is 2. The number of likely N-dealkylation sites (N-methyl/N-ethyl adjacent to an activating group) is 1. The first-order valence-electron chi connectivity index (χ1n) is 15.6. The van der Waals surface area contributed by atoms with Gasteiger partial charge in [0.05, 0.1) is 36.1 Å². The Labute approximate surface area is 279 Å². The molecule has 0 radical (unpaired) electrons. The molecule has 11 heteroatoms. The van der Waals surface area contributed by atoms with E-state index in [9.17, 15) is 4.79 Å². The lowest BCUT2D eigenvalue weighted by Gasteiger charge is -2.15. The average Bonchev–Trinajstić information content (AvgIpc) is 3.48. The highest BCUT2D eigenvalue weighted by atomic mass is 16.5. The van der Waals surface area contributed by atoms with Crippen LogP contribution < -0.4 is 25.4 Å². The van der Waals surface area contributed by atoms with Crippen molar-refractivity contribution in [1.82, 2.24) is 29.8 Å². The van der Waals surface area contributed by atoms with Crippen LogP contribution in [0.5, 0.6) is 11.5 Å². The molecule has 244 valence electrons. The Balaban J connectivity index is 1.29. The van der Waals surface area contributed by atoms with Crippen molar-refractivity contribution in [2.75, 3.05) is 45.0 Å². The first kappa shape index (κ1) is 32.0. The van der Waals surface area contributed by atoms with E-state index in [0.29, 0.717) is 35.4 Å². The van der Waals surface area contributed by atoms with Crippen molar-refractivity contribution >= 4 is 28.9 Å². The quantitative estimate of drug-likeness (QED) is 0.130. The van der Waals surface area contributed by atoms with Gasteiger partial charge >= 0.3 is 6.03 Å². The van der Waals surface area contributed by atoms with Gasteiger partial charge in [-0.1, -0.05) is 48.5 Å². The van der Waals surface area contributed by atoms with E-state index >= 15 is 0 Å². The molecular weight excluding hydrogens is 604 g/mol. The molecule has 0 aliphatic heterocycles. The number of fused-ring (bicyclic) bond motifs is 1. The summed E-state index contributed by atoms with van der Waals surface area (Å²) in [4.78, 5) is 24.4. The third kappa shape index (κ3) is 7.71. The fraction of sp³-hybridized carbons (Fsp3) is 0.189. The molecule has 1 unspecified atom stereocenters. The van der Waals surface area contributed by atoms with Gasteiger partial charge in [-0.25, -0.2) is 19.3 Å². The van der Waals surface area contributed by atoms with Crippen molar-refractivity contribution in [3.05, 3.63) is 115 Å². The van der Waals surface area contributed by atoms with Crippen LogP contribution in [0.4, 0.5) is 22.1 Å². The monoisotopic (exact) mass is 642 g/mol. The number of anilines is 3. The number of urea groups is 1. The summed E-state index contributed by atoms with van der Waals surface area (Å²) < 4.78 is 13.2. The van der Waals surface area contributed by atoms with Gasteiger partial charge in [-0.05, 0) is 69.0 Å². The molecule has 0 saturated carbocycles. The van der Waals surface area contributed by atoms with Gasteiger partial charge in [-0.2, -0.15) is 5.10 Å². The summed E-state index contributed by atoms with van der Waals surface area (Å²) in [6.07, 6.45) is 3.54. The standard InChI is InChI=1S/C37H38N8O3/c1-25(26-10-6-5-7-11-26)39-37(46)41-28-13-8-12-27(22-28)35-34(33-17-16-31(47-4)24-45(33)43-35)32-18-19-38-36(42-32)40-29-14-9-15-30(23-29)48-21-20-44(2)3/h5-19,22-25H,20-21H2,1-4H3,(H,38,40,42)(H2,39,41,46). The van der Waals surface area contributed by atoms with Crippen LogP contribution in [0.15, 0.2) is 109 Å². The van der Waals surface area contributed by atoms with E-state index < -0.39 is 0 Å². The lowest BCUT2D eigenvalue weighted by atomic mass is 10.0. The molecule has 48 heavy (non-hydrogen) atoms. The van der Waals surface area contributed by atoms with Crippen molar-refractivity contribution in [3.63, 3.8) is 0 Å². The number of aromatic nitrogens is 4. The van der Waals surface area contributed by atoms with Crippen LogP contribution in [0.3, 0.4) is 0 Å². The summed E-state index contributed by atoms with van der Waals surface area (Å²) in [7, 11) is 5.65. The molecule has 11 nitrogen and oxygen atoms in total. The van der Waals surface area contributed by atoms with Gasteiger partial charge in [-0.15, -0.1) is 0 Å². The first-order valence-corrected chi connectivity index (χ1v) is 15.6. The summed E-state index contributed by atoms with van der Waals surface area (Å²) in [5.74, 6) is 1.85. The molecule has 0 aliphatic rings. The molecule has 0 fully saturated rings. The SMILES string of the molecule is COc1ccc2c(-c3ccnc(Nc4cccc(OCCN(C)C)c4)n3)c(-c3cccc(NC(=O)NC(C)c4ccccc4)c3)nn2c1. The predicted molar refractivity (Wildman–Crippen MR) is 189 cm³/mol. The van der Waals surface area contributed by atoms with E-state index in [2.05, 4.69) is 25.8 Å². The van der Waals surface area contributed by atoms with Crippen LogP contribution in [-0.4, -0.2) is 64.9 Å². The number of benzene rings is 3. The predicted octanol–water partition coefficient (Wildman–Crippen LogP) is 7.03. The molecular formula is C37H38N8O3. The Kier molecular flexibility index (Phi) is 9.77. The fourth-order valence-corrected chi connectivity index (χ4v) is 5.24. The Hall–Kier alpha value is -5.94. The Morgan fingerprint density at radius 1 is 0.917 bits per heavy atom. The largest absolute Gasteiger partial charge is 0.495 e. The summed E-state index contributed by atoms with van der Waals surface area (Å²) in [6, 6.07) is 30.4. The molecule has 1 atom stereocenters. The Morgan fingerprint density at radius 3 is 2.54 bits per heavy atom. The van der Waals surface area contributed by atoms with E-state index in [4.69, 9.17) is 19.6 Å². The third-order valence-corrected chi connectivity index (χ3v) is 7.69. The second-order valence-corrected chi connectivity index (χ2v) is 11.5. The lowest BCUT2D eigenvalue weighted by Crippen LogP contribution is -2.31. The number of amides is 2. The second-order valence-electron chi connectivity index (χ2n) is 11.5. The average molecular weight is 643 g/mol. The van der Waals surface area contributed by atoms with E-state index in [1.165, 1.54) is 0 Å². The van der Waals surface area contributed by atoms with Crippen molar-refractivity contribution in [3.8, 4) is 34.0 Å². The minimum atomic E-state index is -0.304. The number of nitrogens with one attached hydrogen (secondary N) is 3. The molecule has 0 bridgehead atoms. The van der Waals surface area contributed by atoms with Gasteiger partial charge in [0.2, 0.25) is 5.95 Å². The number of pyridine rings is 1. The molecule has 6 rings (SSSR count). The molecule has 0 spiro atoms. The molecule has 3 aromatic heterocycles. The Bertz CT molecular complexity index is 2010. The van der Waals surface area contributed by atoms with Gasteiger partial charge in [0, 0.05) is 35.7 Å². The lowest BCUT2D eigenvalue weighted by molar-refractivity contribution is 0.249. The maximum atomic E-state index is 12.9. The smallest absolute Gasteiger partial charge is 0.319 e. The fourth-order valence-electron chi connectivity index (χ4n) is 5.24. The highest BCUT2D eigenvalue weighted by molar-refractivity contribution is 5.94. The van der Waals surface area contributed by atoms with Crippen molar-refractivity contribution < 1.29 is 14.3 Å². The molecule has 3 heterocycles. The van der Waals surface area contributed by atoms with Gasteiger partial charge in [0.1, 0.15) is 23.8 Å². The number of methoxy groups -OCH3 is 1. The second kappa shape index (κ2) is 14.7. The maximum absolute atomic E-state index is 12.9. The van der Waals surface area contributed by atoms with Crippen molar-refractivity contribution in [1.29, 1.82) is 0 Å². The van der Waals surface area contributed by atoms with E-state index in [1.807, 2.05) is 124 Å². The van der Waals surface area contributed by atoms with E-state index in [0.717, 1.165) is 40.2 Å². The molecule has 0 aliphatic carbocycles. The molecule has 6 aromatic rings. The molecule has 3 aromatic carbocycles. The molecule has 3 N–H and O–H groups in total. The normalized spacial score (nSPS) is 11.7. The van der Waals surface area contributed by atoms with Gasteiger partial charge in [-0.3, -0.25) is 0 Å². The van der Waals surface area contributed by atoms with Gasteiger partial charge in [0.15, 0.2) is 0 Å². The number of carbonyl (C=O) groups is 1. The van der Waals surface area contributed by atoms with Gasteiger partial charge in [0.25, 0.3) is 0 Å². The summed E-state index contributed by atoms with van der Waals surface area (Å²) in [6.45, 7) is 3.35. The van der Waals surface area contributed by atoms with Crippen LogP contribution in [0.25, 0.3) is 28.0 Å². The highest BCUT2D eigenvalue weighted by Crippen LogP contribution is 2.36. The van der Waals surface area contributed by atoms with E-state index in [1.54, 1.807) is 17.8 Å². The van der Waals surface area contributed by atoms with Crippen LogP contribution in [0, 0.1) is 0 Å². The zero-order valence-corrected chi connectivity index (χ0v) is 27.3. The van der Waals surface area contributed by atoms with Crippen molar-refractivity contribution in [2.24, 2.45) is 0 Å². The number of hydrogen-bond donors (Lipinski definition) is 3. The summed E-state index contributed by atoms with van der Waals surface area (Å²) in [5.41, 5.74) is 6.26.